The van der Waals surface area contributed by atoms with Gasteiger partial charge in [-0.2, -0.15) is 9.64 Å². The van der Waals surface area contributed by atoms with Crippen LogP contribution in [0.3, 0.4) is 0 Å². The number of anilines is 1. The van der Waals surface area contributed by atoms with Gasteiger partial charge >= 0.3 is 0 Å². The van der Waals surface area contributed by atoms with Crippen molar-refractivity contribution in [3.63, 3.8) is 0 Å². The van der Waals surface area contributed by atoms with Crippen LogP contribution in [0.15, 0.2) is 24.3 Å². The molecule has 3 nitrogen and oxygen atoms in total. The molecule has 23 heavy (non-hydrogen) atoms. The van der Waals surface area contributed by atoms with Crippen molar-refractivity contribution in [1.29, 1.82) is 5.26 Å². The Morgan fingerprint density at radius 1 is 1.13 bits per heavy atom. The van der Waals surface area contributed by atoms with Gasteiger partial charge in [-0.25, -0.2) is 4.39 Å². The monoisotopic (exact) mass is 367 g/mol. The van der Waals surface area contributed by atoms with Crippen LogP contribution in [0.4, 0.5) is 10.2 Å². The number of nitrogens with two attached hydrogens (primary N) is 1. The molecule has 0 radical (unpaired) electrons. The second kappa shape index (κ2) is 7.14. The maximum Gasteiger partial charge on any atom is 0.144 e. The number of nitriles is 1. The van der Waals surface area contributed by atoms with Gasteiger partial charge in [0.25, 0.3) is 0 Å². The Hall–Kier alpha value is -1.87. The van der Waals surface area contributed by atoms with Gasteiger partial charge in [0.05, 0.1) is 10.3 Å². The molecule has 0 unspecified atom stereocenters. The number of halogens is 3. The molecular weight excluding hydrogens is 356 g/mol. The Labute approximate surface area is 147 Å². The van der Waals surface area contributed by atoms with Crippen LogP contribution in [-0.4, -0.2) is 4.37 Å². The van der Waals surface area contributed by atoms with Crippen molar-refractivity contribution in [2.24, 2.45) is 0 Å². The van der Waals surface area contributed by atoms with E-state index < -0.39 is 5.82 Å². The van der Waals surface area contributed by atoms with E-state index in [1.165, 1.54) is 17.6 Å². The average Bonchev–Trinajstić information content (AvgIpc) is 2.85. The Morgan fingerprint density at radius 2 is 1.74 bits per heavy atom. The number of hydrogen-bond donors (Lipinski definition) is 1. The fraction of sp³-hybridized carbons (Fsp3) is 0.125. The third kappa shape index (κ3) is 3.91. The largest absolute Gasteiger partial charge is 0.382 e. The minimum Gasteiger partial charge on any atom is -0.382 e. The lowest BCUT2D eigenvalue weighted by molar-refractivity contribution is 0.623. The summed E-state index contributed by atoms with van der Waals surface area (Å²) in [7, 11) is 0. The van der Waals surface area contributed by atoms with Crippen LogP contribution in [0.2, 0.25) is 10.0 Å². The molecule has 0 spiro atoms. The van der Waals surface area contributed by atoms with Crippen LogP contribution < -0.4 is 5.73 Å². The predicted molar refractivity (Wildman–Crippen MR) is 94.6 cm³/mol. The van der Waals surface area contributed by atoms with Gasteiger partial charge in [-0.1, -0.05) is 23.2 Å². The molecule has 0 saturated carbocycles. The molecule has 0 bridgehead atoms. The second-order valence-corrected chi connectivity index (χ2v) is 6.48. The summed E-state index contributed by atoms with van der Waals surface area (Å²) in [5.41, 5.74) is 7.44. The molecule has 2 N–H and O–H groups in total. The minimum atomic E-state index is -0.567. The van der Waals surface area contributed by atoms with Gasteiger partial charge in [-0.3, -0.25) is 0 Å². The summed E-state index contributed by atoms with van der Waals surface area (Å²) in [6.45, 7) is 3.68. The molecule has 0 saturated heterocycles. The molecule has 0 fully saturated rings. The number of aromatic nitrogens is 1. The number of nitrogen functional groups attached to an aromatic ring is 1. The molecule has 7 heteroatoms. The van der Waals surface area contributed by atoms with E-state index in [0.717, 1.165) is 26.7 Å². The van der Waals surface area contributed by atoms with Crippen LogP contribution in [-0.2, 0) is 0 Å². The predicted octanol–water partition coefficient (Wildman–Crippen LogP) is 5.50. The van der Waals surface area contributed by atoms with Gasteiger partial charge in [-0.05, 0) is 60.8 Å². The lowest BCUT2D eigenvalue weighted by atomic mass is 10.1. The summed E-state index contributed by atoms with van der Waals surface area (Å²) in [5, 5.41) is 10.5. The first-order valence-corrected chi connectivity index (χ1v) is 8.03. The third-order valence-corrected chi connectivity index (χ3v) is 4.78. The highest BCUT2D eigenvalue weighted by Crippen LogP contribution is 2.29. The van der Waals surface area contributed by atoms with E-state index >= 15 is 0 Å². The van der Waals surface area contributed by atoms with Gasteiger partial charge < -0.3 is 5.73 Å². The van der Waals surface area contributed by atoms with Crippen molar-refractivity contribution in [2.75, 3.05) is 5.73 Å². The quantitative estimate of drug-likeness (QED) is 0.570. The Morgan fingerprint density at radius 3 is 2.39 bits per heavy atom. The van der Waals surface area contributed by atoms with E-state index in [-0.39, 0.29) is 5.56 Å². The molecule has 1 aromatic heterocycles. The molecule has 0 aliphatic heterocycles. The van der Waals surface area contributed by atoms with Crippen LogP contribution in [0.1, 0.15) is 16.7 Å². The first-order valence-electron chi connectivity index (χ1n) is 6.50. The highest BCUT2D eigenvalue weighted by molar-refractivity contribution is 7.13. The second-order valence-electron chi connectivity index (χ2n) is 4.86. The highest BCUT2D eigenvalue weighted by atomic mass is 35.5. The maximum atomic E-state index is 12.7. The summed E-state index contributed by atoms with van der Waals surface area (Å²) in [6.07, 6.45) is 0. The molecule has 0 aliphatic rings. The molecule has 3 aromatic rings. The Bertz CT molecular complexity index is 916. The fourth-order valence-corrected chi connectivity index (χ4v) is 2.94. The summed E-state index contributed by atoms with van der Waals surface area (Å²) in [6, 6.07) is 8.18. The van der Waals surface area contributed by atoms with Gasteiger partial charge in [0.1, 0.15) is 17.7 Å². The number of benzene rings is 2. The number of hydrogen-bond acceptors (Lipinski definition) is 4. The van der Waals surface area contributed by atoms with Crippen LogP contribution in [0, 0.1) is 31.0 Å². The summed E-state index contributed by atoms with van der Waals surface area (Å²) < 4.78 is 17.8. The zero-order valence-electron chi connectivity index (χ0n) is 12.3. The van der Waals surface area contributed by atoms with Crippen molar-refractivity contribution >= 4 is 50.6 Å². The summed E-state index contributed by atoms with van der Waals surface area (Å²) in [4.78, 5) is 0. The van der Waals surface area contributed by atoms with Crippen LogP contribution in [0.5, 0.6) is 0 Å². The van der Waals surface area contributed by atoms with Gasteiger partial charge in [-0.15, -0.1) is 0 Å². The lowest BCUT2D eigenvalue weighted by Gasteiger charge is -1.97. The zero-order chi connectivity index (χ0) is 17.1. The van der Waals surface area contributed by atoms with E-state index in [0.29, 0.717) is 16.4 Å². The molecule has 118 valence electrons. The molecule has 0 atom stereocenters. The fourth-order valence-electron chi connectivity index (χ4n) is 1.83. The number of aryl methyl sites for hydroxylation is 2. The Balaban J connectivity index is 0.000000168. The standard InChI is InChI=1S/C8H5ClFN.C8H7ClN2S/c1-5-2-6(4-11)8(10)3-7(5)9;1-4-2-5-7(3-6(4)9)12-11-8(5)10/h2-3H,1H3;2-3H,1H3,(H2,10,11). The summed E-state index contributed by atoms with van der Waals surface area (Å²) >= 11 is 12.9. The molecular formula is C16H12Cl2FN3S. The third-order valence-electron chi connectivity index (χ3n) is 3.15. The lowest BCUT2D eigenvalue weighted by Crippen LogP contribution is -1.85. The number of nitrogens with zero attached hydrogens (tertiary/aromatic N) is 2. The van der Waals surface area contributed by atoms with E-state index in [1.54, 1.807) is 13.0 Å². The Kier molecular flexibility index (Phi) is 5.42. The number of fused-ring (bicyclic) bond motifs is 1. The van der Waals surface area contributed by atoms with E-state index in [2.05, 4.69) is 4.37 Å². The molecule has 0 amide bonds. The van der Waals surface area contributed by atoms with E-state index in [1.807, 2.05) is 19.1 Å². The molecule has 2 aromatic carbocycles. The van der Waals surface area contributed by atoms with Crippen molar-refractivity contribution in [1.82, 2.24) is 4.37 Å². The van der Waals surface area contributed by atoms with Gasteiger partial charge in [0.2, 0.25) is 0 Å². The maximum absolute atomic E-state index is 12.7. The van der Waals surface area contributed by atoms with Crippen LogP contribution in [0.25, 0.3) is 10.1 Å². The summed E-state index contributed by atoms with van der Waals surface area (Å²) in [5.74, 6) is 0.0258. The van der Waals surface area contributed by atoms with Gasteiger partial charge in [0.15, 0.2) is 0 Å². The SMILES string of the molecule is Cc1cc(C#N)c(F)cc1Cl.Cc1cc2c(N)nsc2cc1Cl. The van der Waals surface area contributed by atoms with Crippen molar-refractivity contribution in [3.8, 4) is 6.07 Å². The normalized spacial score (nSPS) is 10.1. The van der Waals surface area contributed by atoms with E-state index in [4.69, 9.17) is 34.2 Å². The first kappa shape index (κ1) is 17.5. The molecule has 1 heterocycles. The highest BCUT2D eigenvalue weighted by Gasteiger charge is 2.05. The number of rotatable bonds is 0. The zero-order valence-corrected chi connectivity index (χ0v) is 14.7. The van der Waals surface area contributed by atoms with Gasteiger partial charge in [0, 0.05) is 15.4 Å². The molecule has 0 aliphatic carbocycles. The van der Waals surface area contributed by atoms with Crippen LogP contribution >= 0.6 is 34.7 Å². The van der Waals surface area contributed by atoms with Crippen molar-refractivity contribution in [3.05, 3.63) is 56.8 Å². The van der Waals surface area contributed by atoms with E-state index in [9.17, 15) is 4.39 Å². The smallest absolute Gasteiger partial charge is 0.144 e. The minimum absolute atomic E-state index is 0.0342. The topological polar surface area (TPSA) is 62.7 Å². The molecule has 3 rings (SSSR count). The first-order chi connectivity index (χ1) is 10.8. The van der Waals surface area contributed by atoms with Crippen molar-refractivity contribution in [2.45, 2.75) is 13.8 Å². The average molecular weight is 368 g/mol. The van der Waals surface area contributed by atoms with Crippen molar-refractivity contribution < 1.29 is 4.39 Å².